The molecule has 2 aromatic heterocycles. The van der Waals surface area contributed by atoms with Gasteiger partial charge in [-0.25, -0.2) is 9.78 Å². The molecule has 0 saturated carbocycles. The van der Waals surface area contributed by atoms with Crippen molar-refractivity contribution in [2.75, 3.05) is 31.5 Å². The van der Waals surface area contributed by atoms with Crippen molar-refractivity contribution in [2.24, 2.45) is 0 Å². The standard InChI is InChI=1S/C18H19N5OS/c24-18(21-17-19-7-12-25-17)23-10-8-22(9-11-23)13-15-6-5-14-3-1-2-4-16(14)20-15/h1-7,12H,8-11,13H2,(H,19,21,24). The number of hydrogen-bond donors (Lipinski definition) is 1. The van der Waals surface area contributed by atoms with Crippen LogP contribution in [-0.4, -0.2) is 52.0 Å². The highest BCUT2D eigenvalue weighted by molar-refractivity contribution is 7.13. The number of piperazine rings is 1. The minimum absolute atomic E-state index is 0.0709. The van der Waals surface area contributed by atoms with Gasteiger partial charge in [0.25, 0.3) is 0 Å². The smallest absolute Gasteiger partial charge is 0.322 e. The van der Waals surface area contributed by atoms with Crippen LogP contribution in [0.3, 0.4) is 0 Å². The predicted molar refractivity (Wildman–Crippen MR) is 99.7 cm³/mol. The summed E-state index contributed by atoms with van der Waals surface area (Å²) >= 11 is 1.43. The number of benzene rings is 1. The molecule has 0 radical (unpaired) electrons. The number of aromatic nitrogens is 2. The highest BCUT2D eigenvalue weighted by Gasteiger charge is 2.21. The molecule has 3 heterocycles. The molecule has 0 unspecified atom stereocenters. The van der Waals surface area contributed by atoms with E-state index in [4.69, 9.17) is 4.98 Å². The van der Waals surface area contributed by atoms with E-state index in [2.05, 4.69) is 33.4 Å². The topological polar surface area (TPSA) is 61.4 Å². The lowest BCUT2D eigenvalue weighted by Crippen LogP contribution is -2.49. The van der Waals surface area contributed by atoms with Crippen molar-refractivity contribution in [3.8, 4) is 0 Å². The number of carbonyl (C=O) groups is 1. The SMILES string of the molecule is O=C(Nc1nccs1)N1CCN(Cc2ccc3ccccc3n2)CC1. The number of urea groups is 1. The first-order chi connectivity index (χ1) is 12.3. The van der Waals surface area contributed by atoms with E-state index in [0.717, 1.165) is 36.2 Å². The lowest BCUT2D eigenvalue weighted by Gasteiger charge is -2.34. The van der Waals surface area contributed by atoms with Crippen molar-refractivity contribution in [2.45, 2.75) is 6.54 Å². The van der Waals surface area contributed by atoms with E-state index >= 15 is 0 Å². The number of nitrogens with zero attached hydrogens (tertiary/aromatic N) is 4. The van der Waals surface area contributed by atoms with Gasteiger partial charge in [-0.2, -0.15) is 0 Å². The molecule has 0 aliphatic carbocycles. The summed E-state index contributed by atoms with van der Waals surface area (Å²) in [5.74, 6) is 0. The van der Waals surface area contributed by atoms with Crippen molar-refractivity contribution in [3.05, 3.63) is 53.7 Å². The van der Waals surface area contributed by atoms with Crippen molar-refractivity contribution in [3.63, 3.8) is 0 Å². The van der Waals surface area contributed by atoms with Gasteiger partial charge in [-0.3, -0.25) is 15.2 Å². The molecule has 1 aliphatic rings. The van der Waals surface area contributed by atoms with Crippen molar-refractivity contribution in [1.82, 2.24) is 19.8 Å². The first-order valence-corrected chi connectivity index (χ1v) is 9.18. The molecule has 1 saturated heterocycles. The van der Waals surface area contributed by atoms with Gasteiger partial charge in [0.1, 0.15) is 0 Å². The Balaban J connectivity index is 1.32. The van der Waals surface area contributed by atoms with Gasteiger partial charge in [0.05, 0.1) is 11.2 Å². The number of fused-ring (bicyclic) bond motifs is 1. The Morgan fingerprint density at radius 2 is 1.96 bits per heavy atom. The van der Waals surface area contributed by atoms with Crippen molar-refractivity contribution >= 4 is 33.4 Å². The van der Waals surface area contributed by atoms with Gasteiger partial charge in [0.2, 0.25) is 0 Å². The zero-order chi connectivity index (χ0) is 17.1. The molecule has 4 rings (SSSR count). The number of anilines is 1. The summed E-state index contributed by atoms with van der Waals surface area (Å²) in [6.07, 6.45) is 1.69. The van der Waals surface area contributed by atoms with Crippen LogP contribution in [0, 0.1) is 0 Å². The molecule has 3 aromatic rings. The predicted octanol–water partition coefficient (Wildman–Crippen LogP) is 3.04. The van der Waals surface area contributed by atoms with Crippen LogP contribution in [0.2, 0.25) is 0 Å². The number of nitrogens with one attached hydrogen (secondary N) is 1. The van der Waals surface area contributed by atoms with Crippen LogP contribution in [-0.2, 0) is 6.54 Å². The molecule has 1 N–H and O–H groups in total. The van der Waals surface area contributed by atoms with Crippen LogP contribution in [0.5, 0.6) is 0 Å². The Morgan fingerprint density at radius 3 is 2.76 bits per heavy atom. The van der Waals surface area contributed by atoms with Crippen LogP contribution in [0.1, 0.15) is 5.69 Å². The summed E-state index contributed by atoms with van der Waals surface area (Å²) < 4.78 is 0. The van der Waals surface area contributed by atoms with Crippen LogP contribution >= 0.6 is 11.3 Å². The van der Waals surface area contributed by atoms with Gasteiger partial charge in [-0.1, -0.05) is 24.3 Å². The van der Waals surface area contributed by atoms with Crippen LogP contribution in [0.15, 0.2) is 48.0 Å². The molecule has 1 aromatic carbocycles. The molecule has 7 heteroatoms. The van der Waals surface area contributed by atoms with E-state index in [1.807, 2.05) is 28.5 Å². The van der Waals surface area contributed by atoms with Gasteiger partial charge in [0, 0.05) is 49.7 Å². The summed E-state index contributed by atoms with van der Waals surface area (Å²) in [5.41, 5.74) is 2.10. The summed E-state index contributed by atoms with van der Waals surface area (Å²) in [5, 5.41) is 6.50. The molecular formula is C18H19N5OS. The number of hydrogen-bond acceptors (Lipinski definition) is 5. The Kier molecular flexibility index (Phi) is 4.58. The molecule has 1 fully saturated rings. The Morgan fingerprint density at radius 1 is 1.12 bits per heavy atom. The fourth-order valence-corrected chi connectivity index (χ4v) is 3.51. The third-order valence-electron chi connectivity index (χ3n) is 4.35. The zero-order valence-electron chi connectivity index (χ0n) is 13.8. The number of para-hydroxylation sites is 1. The fraction of sp³-hybridized carbons (Fsp3) is 0.278. The fourth-order valence-electron chi connectivity index (χ4n) is 2.99. The van der Waals surface area contributed by atoms with Crippen molar-refractivity contribution < 1.29 is 4.79 Å². The Labute approximate surface area is 150 Å². The second-order valence-corrected chi connectivity index (χ2v) is 6.92. The molecule has 6 nitrogen and oxygen atoms in total. The Bertz CT molecular complexity index is 859. The van der Waals surface area contributed by atoms with Gasteiger partial charge in [0.15, 0.2) is 5.13 Å². The molecule has 0 bridgehead atoms. The first kappa shape index (κ1) is 16.0. The lowest BCUT2D eigenvalue weighted by atomic mass is 10.2. The first-order valence-electron chi connectivity index (χ1n) is 8.30. The lowest BCUT2D eigenvalue weighted by molar-refractivity contribution is 0.142. The van der Waals surface area contributed by atoms with Crippen LogP contribution < -0.4 is 5.32 Å². The third-order valence-corrected chi connectivity index (χ3v) is 5.04. The van der Waals surface area contributed by atoms with Crippen molar-refractivity contribution in [1.29, 1.82) is 0 Å². The number of rotatable bonds is 3. The van der Waals surface area contributed by atoms with E-state index in [1.54, 1.807) is 6.20 Å². The Hall–Kier alpha value is -2.51. The minimum atomic E-state index is -0.0709. The number of thiazole rings is 1. The maximum atomic E-state index is 12.2. The second-order valence-electron chi connectivity index (χ2n) is 6.03. The summed E-state index contributed by atoms with van der Waals surface area (Å²) in [4.78, 5) is 25.2. The van der Waals surface area contributed by atoms with E-state index < -0.39 is 0 Å². The summed E-state index contributed by atoms with van der Waals surface area (Å²) in [6, 6.07) is 12.3. The van der Waals surface area contributed by atoms with Gasteiger partial charge >= 0.3 is 6.03 Å². The summed E-state index contributed by atoms with van der Waals surface area (Å²) in [6.45, 7) is 3.93. The number of pyridine rings is 1. The maximum Gasteiger partial charge on any atom is 0.323 e. The zero-order valence-corrected chi connectivity index (χ0v) is 14.6. The number of carbonyl (C=O) groups excluding carboxylic acids is 1. The molecule has 0 atom stereocenters. The monoisotopic (exact) mass is 353 g/mol. The average molecular weight is 353 g/mol. The number of amides is 2. The minimum Gasteiger partial charge on any atom is -0.322 e. The average Bonchev–Trinajstić information content (AvgIpc) is 3.15. The second kappa shape index (κ2) is 7.16. The molecule has 25 heavy (non-hydrogen) atoms. The van der Waals surface area contributed by atoms with Crippen LogP contribution in [0.4, 0.5) is 9.93 Å². The third kappa shape index (κ3) is 3.78. The van der Waals surface area contributed by atoms with Gasteiger partial charge in [-0.15, -0.1) is 11.3 Å². The molecular weight excluding hydrogens is 334 g/mol. The maximum absolute atomic E-state index is 12.2. The largest absolute Gasteiger partial charge is 0.323 e. The van der Waals surface area contributed by atoms with E-state index in [1.165, 1.54) is 11.3 Å². The van der Waals surface area contributed by atoms with E-state index in [-0.39, 0.29) is 6.03 Å². The quantitative estimate of drug-likeness (QED) is 0.786. The molecule has 0 spiro atoms. The molecule has 2 amide bonds. The molecule has 1 aliphatic heterocycles. The highest BCUT2D eigenvalue weighted by Crippen LogP contribution is 2.15. The van der Waals surface area contributed by atoms with E-state index in [9.17, 15) is 4.79 Å². The van der Waals surface area contributed by atoms with E-state index in [0.29, 0.717) is 18.2 Å². The van der Waals surface area contributed by atoms with Gasteiger partial charge < -0.3 is 4.90 Å². The highest BCUT2D eigenvalue weighted by atomic mass is 32.1. The van der Waals surface area contributed by atoms with Crippen LogP contribution in [0.25, 0.3) is 10.9 Å². The van der Waals surface area contributed by atoms with Gasteiger partial charge in [-0.05, 0) is 12.1 Å². The summed E-state index contributed by atoms with van der Waals surface area (Å²) in [7, 11) is 0. The normalized spacial score (nSPS) is 15.4. The molecule has 128 valence electrons.